The Hall–Kier alpha value is -4.38. The predicted octanol–water partition coefficient (Wildman–Crippen LogP) is 6.52. The molecule has 3 saturated heterocycles. The summed E-state index contributed by atoms with van der Waals surface area (Å²) in [6.45, 7) is 4.85. The number of unbranched alkanes of at least 4 members (excludes halogenated alkanes) is 6. The minimum atomic E-state index is -1.02. The van der Waals surface area contributed by atoms with E-state index in [0.717, 1.165) is 101 Å². The summed E-state index contributed by atoms with van der Waals surface area (Å²) in [5.41, 5.74) is 1.76. The molecule has 1 aromatic heterocycles. The van der Waals surface area contributed by atoms with Gasteiger partial charge < -0.3 is 40.6 Å². The number of hydrogen-bond acceptors (Lipinski definition) is 7. The average Bonchev–Trinajstić information content (AvgIpc) is 3.15. The molecule has 3 aliphatic rings. The number of ether oxygens (including phenoxy) is 1. The number of carbonyl (C=O) groups is 1. The molecule has 4 aromatic rings. The summed E-state index contributed by atoms with van der Waals surface area (Å²) in [6.07, 6.45) is 8.05. The van der Waals surface area contributed by atoms with E-state index in [-0.39, 0.29) is 17.2 Å². The molecule has 6 N–H and O–H groups in total. The van der Waals surface area contributed by atoms with Crippen LogP contribution in [0.3, 0.4) is 0 Å². The highest BCUT2D eigenvalue weighted by Crippen LogP contribution is 2.47. The molecule has 3 unspecified atom stereocenters. The van der Waals surface area contributed by atoms with Crippen molar-refractivity contribution in [1.29, 1.82) is 0 Å². The third kappa shape index (κ3) is 8.75. The van der Waals surface area contributed by atoms with Gasteiger partial charge in [-0.25, -0.2) is 4.79 Å². The maximum absolute atomic E-state index is 12.4. The summed E-state index contributed by atoms with van der Waals surface area (Å²) in [7, 11) is 0. The fourth-order valence-corrected chi connectivity index (χ4v) is 8.31. The van der Waals surface area contributed by atoms with Gasteiger partial charge in [0.25, 0.3) is 0 Å². The highest BCUT2D eigenvalue weighted by Gasteiger charge is 2.50. The second-order valence-corrected chi connectivity index (χ2v) is 14.2. The van der Waals surface area contributed by atoms with Crippen molar-refractivity contribution in [2.45, 2.75) is 69.4 Å². The second kappa shape index (κ2) is 17.2. The molecule has 10 heteroatoms. The van der Waals surface area contributed by atoms with Crippen LogP contribution in [-0.4, -0.2) is 70.6 Å². The SMILES string of the molecule is O=C(O)NC(c1ccccc1)(c1cccc(OCCCCCCCCCNCC(O)c2ccc(O)c3[nH]c(=O)ccc23)c1)C1CN2CCC1CC2. The van der Waals surface area contributed by atoms with Crippen LogP contribution >= 0.6 is 0 Å². The van der Waals surface area contributed by atoms with Crippen LogP contribution in [0.2, 0.25) is 0 Å². The molecule has 3 fully saturated rings. The number of fused-ring (bicyclic) bond motifs is 4. The third-order valence-corrected chi connectivity index (χ3v) is 10.9. The van der Waals surface area contributed by atoms with Crippen molar-refractivity contribution in [2.75, 3.05) is 39.3 Å². The molecule has 3 aromatic carbocycles. The highest BCUT2D eigenvalue weighted by molar-refractivity contribution is 5.87. The molecule has 51 heavy (non-hydrogen) atoms. The first-order valence-corrected chi connectivity index (χ1v) is 18.6. The first-order valence-electron chi connectivity index (χ1n) is 18.6. The number of aliphatic hydroxyl groups excluding tert-OH is 1. The predicted molar refractivity (Wildman–Crippen MR) is 199 cm³/mol. The van der Waals surface area contributed by atoms with E-state index in [9.17, 15) is 24.9 Å². The van der Waals surface area contributed by atoms with Gasteiger partial charge in [0.1, 0.15) is 11.5 Å². The second-order valence-electron chi connectivity index (χ2n) is 14.2. The Morgan fingerprint density at radius 2 is 1.63 bits per heavy atom. The Balaban J connectivity index is 0.923. The standard InChI is InChI=1S/C41H52N4O6/c46-36-18-16-33(34-17-19-38(48)43-39(34)36)37(47)27-42-22-9-4-2-1-3-5-10-25-51-32-15-11-14-31(26-32)41(44-40(49)50,30-12-7-6-8-13-30)35-28-45-23-20-29(35)21-24-45/h6-8,11-19,26,29,35,37,42,44,46-47H,1-5,9-10,20-25,27-28H2,(H,43,48)(H,49,50). The van der Waals surface area contributed by atoms with E-state index in [1.54, 1.807) is 12.1 Å². The summed E-state index contributed by atoms with van der Waals surface area (Å²) in [6, 6.07) is 24.3. The van der Waals surface area contributed by atoms with Crippen LogP contribution in [0.1, 0.15) is 80.6 Å². The summed E-state index contributed by atoms with van der Waals surface area (Å²) in [4.78, 5) is 29.2. The first-order chi connectivity index (χ1) is 24.8. The minimum Gasteiger partial charge on any atom is -0.506 e. The first kappa shape index (κ1) is 36.4. The third-order valence-electron chi connectivity index (χ3n) is 10.9. The van der Waals surface area contributed by atoms with Crippen LogP contribution in [-0.2, 0) is 5.54 Å². The van der Waals surface area contributed by atoms with Gasteiger partial charge in [0, 0.05) is 30.5 Å². The zero-order chi connectivity index (χ0) is 35.6. The summed E-state index contributed by atoms with van der Waals surface area (Å²) in [5, 5.41) is 38.0. The number of amides is 1. The molecule has 7 rings (SSSR count). The molecule has 4 heterocycles. The monoisotopic (exact) mass is 696 g/mol. The number of H-pyrrole nitrogens is 1. The van der Waals surface area contributed by atoms with Crippen LogP contribution in [0.15, 0.2) is 83.7 Å². The van der Waals surface area contributed by atoms with Crippen LogP contribution in [0.5, 0.6) is 11.5 Å². The summed E-state index contributed by atoms with van der Waals surface area (Å²) in [5.74, 6) is 1.33. The van der Waals surface area contributed by atoms with E-state index in [1.807, 2.05) is 42.5 Å². The van der Waals surface area contributed by atoms with E-state index in [4.69, 9.17) is 4.74 Å². The Morgan fingerprint density at radius 1 is 0.902 bits per heavy atom. The Morgan fingerprint density at radius 3 is 2.35 bits per heavy atom. The van der Waals surface area contributed by atoms with Crippen molar-refractivity contribution >= 4 is 17.0 Å². The molecule has 0 spiro atoms. The van der Waals surface area contributed by atoms with Gasteiger partial charge in [0.05, 0.1) is 23.8 Å². The molecule has 1 amide bonds. The van der Waals surface area contributed by atoms with E-state index in [0.29, 0.717) is 35.5 Å². The van der Waals surface area contributed by atoms with Crippen molar-refractivity contribution in [3.8, 4) is 11.5 Å². The number of nitrogens with one attached hydrogen (secondary N) is 3. The Bertz CT molecular complexity index is 1790. The highest BCUT2D eigenvalue weighted by atomic mass is 16.5. The van der Waals surface area contributed by atoms with Gasteiger partial charge in [-0.3, -0.25) is 4.79 Å². The lowest BCUT2D eigenvalue weighted by molar-refractivity contribution is 0.00716. The molecule has 0 saturated carbocycles. The zero-order valence-electron chi connectivity index (χ0n) is 29.4. The number of phenols is 1. The van der Waals surface area contributed by atoms with Crippen LogP contribution in [0, 0.1) is 11.8 Å². The average molecular weight is 697 g/mol. The molecule has 272 valence electrons. The van der Waals surface area contributed by atoms with Crippen molar-refractivity contribution < 1.29 is 24.9 Å². The number of pyridine rings is 1. The van der Waals surface area contributed by atoms with Crippen molar-refractivity contribution in [3.05, 3.63) is 106 Å². The molecule has 10 nitrogen and oxygen atoms in total. The maximum Gasteiger partial charge on any atom is 0.405 e. The molecule has 3 aliphatic heterocycles. The number of rotatable bonds is 18. The van der Waals surface area contributed by atoms with E-state index in [1.165, 1.54) is 12.1 Å². The Kier molecular flexibility index (Phi) is 12.3. The largest absolute Gasteiger partial charge is 0.506 e. The lowest BCUT2D eigenvalue weighted by Crippen LogP contribution is -2.61. The normalized spacial score (nSPS) is 20.1. The maximum atomic E-state index is 12.4. The molecule has 0 radical (unpaired) electrons. The van der Waals surface area contributed by atoms with E-state index < -0.39 is 17.7 Å². The topological polar surface area (TPSA) is 147 Å². The number of piperidine rings is 3. The van der Waals surface area contributed by atoms with Crippen molar-refractivity contribution in [1.82, 2.24) is 20.5 Å². The molecular weight excluding hydrogens is 644 g/mol. The number of hydrogen-bond donors (Lipinski definition) is 6. The number of carboxylic acid groups (broad SMARTS) is 1. The number of aromatic hydroxyl groups is 1. The van der Waals surface area contributed by atoms with E-state index in [2.05, 4.69) is 32.7 Å². The van der Waals surface area contributed by atoms with Gasteiger partial charge >= 0.3 is 6.09 Å². The number of nitrogens with zero attached hydrogens (tertiary/aromatic N) is 1. The van der Waals surface area contributed by atoms with Crippen molar-refractivity contribution in [3.63, 3.8) is 0 Å². The van der Waals surface area contributed by atoms with Crippen LogP contribution in [0.4, 0.5) is 4.79 Å². The van der Waals surface area contributed by atoms with Gasteiger partial charge in [0.15, 0.2) is 0 Å². The quantitative estimate of drug-likeness (QED) is 0.0645. The van der Waals surface area contributed by atoms with Gasteiger partial charge in [0.2, 0.25) is 5.56 Å². The summed E-state index contributed by atoms with van der Waals surface area (Å²) >= 11 is 0. The van der Waals surface area contributed by atoms with Gasteiger partial charge in [-0.1, -0.05) is 80.6 Å². The summed E-state index contributed by atoms with van der Waals surface area (Å²) < 4.78 is 6.25. The van der Waals surface area contributed by atoms with Gasteiger partial charge in [-0.2, -0.15) is 0 Å². The fraction of sp³-hybridized carbons (Fsp3) is 0.463. The lowest BCUT2D eigenvalue weighted by atomic mass is 9.63. The number of aliphatic hydroxyl groups is 1. The zero-order valence-corrected chi connectivity index (χ0v) is 29.4. The lowest BCUT2D eigenvalue weighted by Gasteiger charge is -2.53. The minimum absolute atomic E-state index is 0.0126. The Labute approximate surface area is 299 Å². The van der Waals surface area contributed by atoms with Crippen LogP contribution in [0.25, 0.3) is 10.9 Å². The van der Waals surface area contributed by atoms with E-state index >= 15 is 0 Å². The van der Waals surface area contributed by atoms with Gasteiger partial charge in [-0.05, 0) is 92.2 Å². The number of phenolic OH excluding ortho intramolecular Hbond substituents is 1. The molecule has 3 atom stereocenters. The molecule has 2 bridgehead atoms. The smallest absolute Gasteiger partial charge is 0.405 e. The number of aromatic nitrogens is 1. The fourth-order valence-electron chi connectivity index (χ4n) is 8.31. The molecule has 0 aliphatic carbocycles. The number of benzene rings is 3. The van der Waals surface area contributed by atoms with Crippen molar-refractivity contribution in [2.24, 2.45) is 11.8 Å². The van der Waals surface area contributed by atoms with Gasteiger partial charge in [-0.15, -0.1) is 0 Å². The van der Waals surface area contributed by atoms with Crippen LogP contribution < -0.4 is 20.9 Å². The molecular formula is C41H52N4O6. The number of aromatic amines is 1.